The summed E-state index contributed by atoms with van der Waals surface area (Å²) >= 11 is 0. The maximum atomic E-state index is 12.9. The molecule has 0 saturated carbocycles. The number of hydrogen-bond acceptors (Lipinski definition) is 4. The molecule has 2 rings (SSSR count). The number of carbonyl (C=O) groups is 1. The van der Waals surface area contributed by atoms with Crippen molar-refractivity contribution in [1.82, 2.24) is 5.43 Å². The summed E-state index contributed by atoms with van der Waals surface area (Å²) in [5, 5.41) is 3.98. The lowest BCUT2D eigenvalue weighted by molar-refractivity contribution is 0.0954. The second kappa shape index (κ2) is 9.14. The molecule has 7 heteroatoms. The molecule has 0 radical (unpaired) electrons. The molecule has 2 aromatic carbocycles. The van der Waals surface area contributed by atoms with Gasteiger partial charge in [0.15, 0.2) is 0 Å². The van der Waals surface area contributed by atoms with E-state index in [1.165, 1.54) is 10.4 Å². The van der Waals surface area contributed by atoms with Crippen LogP contribution in [0.5, 0.6) is 0 Å². The molecular weight excluding hydrogens is 362 g/mol. The highest BCUT2D eigenvalue weighted by Crippen LogP contribution is 2.24. The van der Waals surface area contributed by atoms with Crippen LogP contribution in [-0.4, -0.2) is 26.6 Å². The topological polar surface area (TPSA) is 78.8 Å². The van der Waals surface area contributed by atoms with Crippen molar-refractivity contribution in [3.8, 4) is 0 Å². The number of nitrogens with zero attached hydrogens (tertiary/aromatic N) is 2. The van der Waals surface area contributed by atoms with Crippen molar-refractivity contribution < 1.29 is 13.2 Å². The van der Waals surface area contributed by atoms with Gasteiger partial charge in [0.05, 0.1) is 17.1 Å². The van der Waals surface area contributed by atoms with Gasteiger partial charge >= 0.3 is 0 Å². The summed E-state index contributed by atoms with van der Waals surface area (Å²) in [6, 6.07) is 14.5. The van der Waals surface area contributed by atoms with E-state index in [2.05, 4.69) is 17.1 Å². The lowest BCUT2D eigenvalue weighted by Gasteiger charge is -2.23. The minimum Gasteiger partial charge on any atom is -0.267 e. The monoisotopic (exact) mass is 385 g/mol. The normalized spacial score (nSPS) is 11.7. The van der Waals surface area contributed by atoms with Crippen molar-refractivity contribution in [1.29, 1.82) is 0 Å². The number of rotatable bonds is 8. The van der Waals surface area contributed by atoms with E-state index in [0.717, 1.165) is 12.1 Å². The quantitative estimate of drug-likeness (QED) is 0.428. The second-order valence-corrected chi connectivity index (χ2v) is 7.69. The molecule has 0 spiro atoms. The van der Waals surface area contributed by atoms with E-state index in [0.29, 0.717) is 11.3 Å². The molecule has 1 N–H and O–H groups in total. The third kappa shape index (κ3) is 5.04. The van der Waals surface area contributed by atoms with Crippen LogP contribution in [-0.2, 0) is 10.0 Å². The van der Waals surface area contributed by atoms with Crippen LogP contribution >= 0.6 is 0 Å². The van der Waals surface area contributed by atoms with Crippen LogP contribution in [0.2, 0.25) is 0 Å². The van der Waals surface area contributed by atoms with Crippen LogP contribution in [0.4, 0.5) is 5.69 Å². The van der Waals surface area contributed by atoms with Gasteiger partial charge in [-0.2, -0.15) is 5.10 Å². The summed E-state index contributed by atoms with van der Waals surface area (Å²) in [5.74, 6) is -0.351. The molecule has 0 aliphatic rings. The number of hydrogen-bond donors (Lipinski definition) is 1. The van der Waals surface area contributed by atoms with E-state index in [1.54, 1.807) is 54.6 Å². The summed E-state index contributed by atoms with van der Waals surface area (Å²) in [6.07, 6.45) is 2.26. The van der Waals surface area contributed by atoms with Crippen molar-refractivity contribution in [2.24, 2.45) is 5.10 Å². The molecule has 1 amide bonds. The molecule has 0 aliphatic carbocycles. The highest BCUT2D eigenvalue weighted by Gasteiger charge is 2.23. The van der Waals surface area contributed by atoms with E-state index in [4.69, 9.17) is 0 Å². The average Bonchev–Trinajstić information content (AvgIpc) is 2.70. The van der Waals surface area contributed by atoms with E-state index in [1.807, 2.05) is 13.8 Å². The Morgan fingerprint density at radius 2 is 1.78 bits per heavy atom. The Kier molecular flexibility index (Phi) is 6.90. The van der Waals surface area contributed by atoms with E-state index in [9.17, 15) is 13.2 Å². The maximum absolute atomic E-state index is 12.9. The molecule has 0 unspecified atom stereocenters. The van der Waals surface area contributed by atoms with E-state index >= 15 is 0 Å². The summed E-state index contributed by atoms with van der Waals surface area (Å²) in [6.45, 7) is 7.53. The zero-order valence-electron chi connectivity index (χ0n) is 15.4. The largest absolute Gasteiger partial charge is 0.271 e. The molecule has 0 aromatic heterocycles. The molecule has 27 heavy (non-hydrogen) atoms. The Morgan fingerprint density at radius 1 is 1.15 bits per heavy atom. The molecule has 6 nitrogen and oxygen atoms in total. The van der Waals surface area contributed by atoms with Crippen molar-refractivity contribution in [2.75, 3.05) is 10.8 Å². The van der Waals surface area contributed by atoms with Gasteiger partial charge in [0.2, 0.25) is 0 Å². The van der Waals surface area contributed by atoms with Gasteiger partial charge in [-0.15, -0.1) is 6.58 Å². The molecule has 0 aliphatic heterocycles. The SMILES string of the molecule is C=CCN(c1ccc(C(=O)N/N=C(/C)CC)cc1)S(=O)(=O)c1ccccc1. The molecule has 0 atom stereocenters. The van der Waals surface area contributed by atoms with Gasteiger partial charge in [-0.1, -0.05) is 31.2 Å². The van der Waals surface area contributed by atoms with Gasteiger partial charge in [-0.25, -0.2) is 13.8 Å². The standard InChI is InChI=1S/C20H23N3O3S/c1-4-15-23(27(25,26)19-9-7-6-8-10-19)18-13-11-17(12-14-18)20(24)22-21-16(3)5-2/h4,6-14H,1,5,15H2,2-3H3,(H,22,24)/b21-16-. The first-order chi connectivity index (χ1) is 12.9. The van der Waals surface area contributed by atoms with Crippen LogP contribution in [0.1, 0.15) is 30.6 Å². The van der Waals surface area contributed by atoms with Gasteiger partial charge in [0.25, 0.3) is 15.9 Å². The second-order valence-electron chi connectivity index (χ2n) is 5.83. The predicted octanol–water partition coefficient (Wildman–Crippen LogP) is 3.58. The minimum atomic E-state index is -3.73. The first-order valence-electron chi connectivity index (χ1n) is 8.52. The third-order valence-electron chi connectivity index (χ3n) is 3.90. The van der Waals surface area contributed by atoms with Crippen LogP contribution < -0.4 is 9.73 Å². The van der Waals surface area contributed by atoms with Crippen LogP contribution in [0, 0.1) is 0 Å². The van der Waals surface area contributed by atoms with Gasteiger partial charge < -0.3 is 0 Å². The molecule has 2 aromatic rings. The number of benzene rings is 2. The third-order valence-corrected chi connectivity index (χ3v) is 5.71. The molecule has 0 saturated heterocycles. The Morgan fingerprint density at radius 3 is 2.33 bits per heavy atom. The van der Waals surface area contributed by atoms with Crippen LogP contribution in [0.25, 0.3) is 0 Å². The summed E-state index contributed by atoms with van der Waals surface area (Å²) in [7, 11) is -3.73. The first kappa shape index (κ1) is 20.4. The van der Waals surface area contributed by atoms with Gasteiger partial charge in [-0.05, 0) is 49.7 Å². The van der Waals surface area contributed by atoms with E-state index in [-0.39, 0.29) is 17.3 Å². The predicted molar refractivity (Wildman–Crippen MR) is 108 cm³/mol. The van der Waals surface area contributed by atoms with E-state index < -0.39 is 10.0 Å². The minimum absolute atomic E-state index is 0.114. The number of nitrogens with one attached hydrogen (secondary N) is 1. The molecule has 0 fully saturated rings. The van der Waals surface area contributed by atoms with Crippen molar-refractivity contribution in [3.05, 3.63) is 72.8 Å². The van der Waals surface area contributed by atoms with Gasteiger partial charge in [0, 0.05) is 11.3 Å². The van der Waals surface area contributed by atoms with Crippen LogP contribution in [0.3, 0.4) is 0 Å². The van der Waals surface area contributed by atoms with Crippen molar-refractivity contribution in [2.45, 2.75) is 25.2 Å². The summed E-state index contributed by atoms with van der Waals surface area (Å²) in [4.78, 5) is 12.3. The van der Waals surface area contributed by atoms with Gasteiger partial charge in [0.1, 0.15) is 0 Å². The lowest BCUT2D eigenvalue weighted by atomic mass is 10.2. The zero-order valence-corrected chi connectivity index (χ0v) is 16.2. The number of amides is 1. The molecule has 142 valence electrons. The fourth-order valence-corrected chi connectivity index (χ4v) is 3.70. The Hall–Kier alpha value is -2.93. The Balaban J connectivity index is 2.29. The Labute approximate surface area is 160 Å². The highest BCUT2D eigenvalue weighted by molar-refractivity contribution is 7.92. The molecule has 0 heterocycles. The van der Waals surface area contributed by atoms with Crippen molar-refractivity contribution in [3.63, 3.8) is 0 Å². The van der Waals surface area contributed by atoms with Gasteiger partial charge in [-0.3, -0.25) is 9.10 Å². The number of hydrazone groups is 1. The highest BCUT2D eigenvalue weighted by atomic mass is 32.2. The smallest absolute Gasteiger partial charge is 0.267 e. The summed E-state index contributed by atoms with van der Waals surface area (Å²) in [5.41, 5.74) is 4.13. The number of anilines is 1. The zero-order chi connectivity index (χ0) is 19.9. The Bertz CT molecular complexity index is 921. The van der Waals surface area contributed by atoms with Crippen molar-refractivity contribution >= 4 is 27.3 Å². The number of carbonyl (C=O) groups excluding carboxylic acids is 1. The molecule has 0 bridgehead atoms. The first-order valence-corrected chi connectivity index (χ1v) is 9.96. The average molecular weight is 385 g/mol. The number of sulfonamides is 1. The lowest BCUT2D eigenvalue weighted by Crippen LogP contribution is -2.31. The molecular formula is C20H23N3O3S. The fourth-order valence-electron chi connectivity index (χ4n) is 2.25. The summed E-state index contributed by atoms with van der Waals surface area (Å²) < 4.78 is 27.1. The maximum Gasteiger partial charge on any atom is 0.271 e. The van der Waals surface area contributed by atoms with Crippen LogP contribution in [0.15, 0.2) is 77.2 Å². The fraction of sp³-hybridized carbons (Fsp3) is 0.200.